The summed E-state index contributed by atoms with van der Waals surface area (Å²) in [7, 11) is -5.24. The number of alkyl halides is 2. The second-order valence-electron chi connectivity index (χ2n) is 0.816. The maximum atomic E-state index is 10.9. The zero-order valence-electron chi connectivity index (χ0n) is 5.34. The van der Waals surface area contributed by atoms with Crippen LogP contribution in [0.4, 0.5) is 13.3 Å². The first-order chi connectivity index (χ1) is 3.50. The van der Waals surface area contributed by atoms with Crippen molar-refractivity contribution in [3.63, 3.8) is 0 Å². The van der Waals surface area contributed by atoms with E-state index in [1.54, 1.807) is 0 Å². The van der Waals surface area contributed by atoms with Crippen molar-refractivity contribution in [2.45, 2.75) is 5.76 Å². The molecule has 52 valence electrons. The fourth-order valence-electron chi connectivity index (χ4n) is 0.0275. The molecule has 3 nitrogen and oxygen atoms in total. The van der Waals surface area contributed by atoms with Gasteiger partial charge in [0.1, 0.15) is 0 Å². The molecule has 0 saturated heterocycles. The van der Waals surface area contributed by atoms with Crippen LogP contribution in [0.15, 0.2) is 0 Å². The maximum Gasteiger partial charge on any atom is 1.00 e. The summed E-state index contributed by atoms with van der Waals surface area (Å²) in [5.74, 6) is -3.81. The van der Waals surface area contributed by atoms with Crippen molar-refractivity contribution in [3.05, 3.63) is 0 Å². The van der Waals surface area contributed by atoms with Crippen LogP contribution in [0.25, 0.3) is 0 Å². The first-order valence-corrected chi connectivity index (χ1v) is 2.80. The fraction of sp³-hybridized carbons (Fsp3) is 1.00. The predicted molar refractivity (Wildman–Crippen MR) is 18.2 cm³/mol. The van der Waals surface area contributed by atoms with Crippen LogP contribution < -0.4 is 18.9 Å². The number of halogens is 3. The van der Waals surface area contributed by atoms with Gasteiger partial charge in [-0.25, -0.2) is 0 Å². The van der Waals surface area contributed by atoms with Gasteiger partial charge in [-0.05, 0) is 4.53 Å². The van der Waals surface area contributed by atoms with E-state index in [4.69, 9.17) is 0 Å². The van der Waals surface area contributed by atoms with Gasteiger partial charge in [0.2, 0.25) is 0 Å². The Balaban J connectivity index is -0.000000245. The van der Waals surface area contributed by atoms with Crippen LogP contribution in [0.2, 0.25) is 0 Å². The van der Waals surface area contributed by atoms with Gasteiger partial charge in [-0.1, -0.05) is 4.39 Å². The van der Waals surface area contributed by atoms with Crippen LogP contribution >= 0.6 is 0 Å². The molecule has 9 heavy (non-hydrogen) atoms. The molecule has 0 N–H and O–H groups in total. The van der Waals surface area contributed by atoms with E-state index in [0.29, 0.717) is 0 Å². The molecule has 8 heteroatoms. The zero-order chi connectivity index (χ0) is 6.78. The third-order valence-corrected chi connectivity index (χ3v) is 0.918. The first kappa shape index (κ1) is 12.0. The SMILES string of the molecule is O=S(=O)(OF)C(F)F.[H-].[Li+]. The molecule has 0 aromatic heterocycles. The van der Waals surface area contributed by atoms with Gasteiger partial charge in [-0.15, -0.1) is 0 Å². The Morgan fingerprint density at radius 2 is 1.78 bits per heavy atom. The first-order valence-electron chi connectivity index (χ1n) is 1.33. The van der Waals surface area contributed by atoms with Crippen LogP contribution in [-0.2, 0) is 14.5 Å². The fourth-order valence-corrected chi connectivity index (χ4v) is 0.0825. The van der Waals surface area contributed by atoms with E-state index < -0.39 is 15.9 Å². The van der Waals surface area contributed by atoms with Gasteiger partial charge < -0.3 is 1.43 Å². The van der Waals surface area contributed by atoms with E-state index in [1.165, 1.54) is 0 Å². The third kappa shape index (κ3) is 3.81. The Labute approximate surface area is 62.9 Å². The summed E-state index contributed by atoms with van der Waals surface area (Å²) < 4.78 is 52.8. The molecule has 0 unspecified atom stereocenters. The topological polar surface area (TPSA) is 43.4 Å². The predicted octanol–water partition coefficient (Wildman–Crippen LogP) is -2.44. The van der Waals surface area contributed by atoms with E-state index >= 15 is 0 Å². The van der Waals surface area contributed by atoms with Crippen LogP contribution in [0, 0.1) is 0 Å². The van der Waals surface area contributed by atoms with E-state index in [2.05, 4.69) is 0 Å². The molecule has 0 radical (unpaired) electrons. The minimum Gasteiger partial charge on any atom is -1.00 e. The molecular weight excluding hydrogens is 156 g/mol. The second kappa shape index (κ2) is 4.17. The van der Waals surface area contributed by atoms with Crippen molar-refractivity contribution in [2.24, 2.45) is 0 Å². The summed E-state index contributed by atoms with van der Waals surface area (Å²) >= 11 is 0. The van der Waals surface area contributed by atoms with E-state index in [9.17, 15) is 21.7 Å². The smallest absolute Gasteiger partial charge is 1.00 e. The van der Waals surface area contributed by atoms with Crippen LogP contribution in [0.5, 0.6) is 0 Å². The normalized spacial score (nSPS) is 11.1. The third-order valence-electron chi connectivity index (χ3n) is 0.306. The molecule has 0 amide bonds. The number of rotatable bonds is 2. The quantitative estimate of drug-likeness (QED) is 0.419. The zero-order valence-corrected chi connectivity index (χ0v) is 5.16. The van der Waals surface area contributed by atoms with E-state index in [0.717, 1.165) is 0 Å². The summed E-state index contributed by atoms with van der Waals surface area (Å²) in [6.07, 6.45) is 0. The summed E-state index contributed by atoms with van der Waals surface area (Å²) in [4.78, 5) is 0. The Hall–Kier alpha value is 0.297. The van der Waals surface area contributed by atoms with Crippen molar-refractivity contribution in [2.75, 3.05) is 0 Å². The summed E-state index contributed by atoms with van der Waals surface area (Å²) in [6, 6.07) is 0. The Kier molecular flexibility index (Phi) is 5.57. The van der Waals surface area contributed by atoms with Crippen molar-refractivity contribution in [1.29, 1.82) is 0 Å². The van der Waals surface area contributed by atoms with Gasteiger partial charge in [0, 0.05) is 0 Å². The molecule has 0 aromatic carbocycles. The molecule has 0 rings (SSSR count). The molecule has 0 aliphatic carbocycles. The average Bonchev–Trinajstić information content (AvgIpc) is 1.67. The Morgan fingerprint density at radius 1 is 1.44 bits per heavy atom. The molecule has 0 aliphatic rings. The summed E-state index contributed by atoms with van der Waals surface area (Å²) in [5.41, 5.74) is 0. The van der Waals surface area contributed by atoms with Crippen LogP contribution in [-0.4, -0.2) is 14.2 Å². The van der Waals surface area contributed by atoms with E-state index in [1.807, 2.05) is 4.39 Å². The molecular formula is CH2F3LiO3S. The molecule has 0 spiro atoms. The van der Waals surface area contributed by atoms with Gasteiger partial charge >= 0.3 is 34.7 Å². The van der Waals surface area contributed by atoms with Gasteiger partial charge in [-0.2, -0.15) is 17.2 Å². The number of hydrogen-bond donors (Lipinski definition) is 0. The van der Waals surface area contributed by atoms with Crippen molar-refractivity contribution in [1.82, 2.24) is 0 Å². The van der Waals surface area contributed by atoms with Crippen LogP contribution in [0.1, 0.15) is 1.43 Å². The number of hydrogen-bond acceptors (Lipinski definition) is 3. The summed E-state index contributed by atoms with van der Waals surface area (Å²) in [5, 5.41) is 0. The Morgan fingerprint density at radius 3 is 1.78 bits per heavy atom. The van der Waals surface area contributed by atoms with Crippen molar-refractivity contribution >= 4 is 10.1 Å². The molecule has 0 heterocycles. The van der Waals surface area contributed by atoms with Crippen molar-refractivity contribution in [3.8, 4) is 0 Å². The average molecular weight is 158 g/mol. The molecule has 0 bridgehead atoms. The minimum atomic E-state index is -5.24. The maximum absolute atomic E-state index is 10.9. The van der Waals surface area contributed by atoms with Gasteiger partial charge in [0.05, 0.1) is 0 Å². The molecule has 0 aromatic rings. The molecule has 0 atom stereocenters. The van der Waals surface area contributed by atoms with Gasteiger partial charge in [0.25, 0.3) is 0 Å². The minimum absolute atomic E-state index is 0. The van der Waals surface area contributed by atoms with Crippen molar-refractivity contribution < 1.29 is 46.4 Å². The van der Waals surface area contributed by atoms with E-state index in [-0.39, 0.29) is 20.3 Å². The second-order valence-corrected chi connectivity index (χ2v) is 2.28. The standard InChI is InChI=1S/CHF3O3S.Li.H/c2-1(3)8(5,6)7-4;;/h1H;;/q;+1;-1. The molecule has 0 fully saturated rings. The van der Waals surface area contributed by atoms with Crippen LogP contribution in [0.3, 0.4) is 0 Å². The largest absolute Gasteiger partial charge is 1.00 e. The summed E-state index contributed by atoms with van der Waals surface area (Å²) in [6.45, 7) is 0. The van der Waals surface area contributed by atoms with Gasteiger partial charge in [-0.3, -0.25) is 0 Å². The monoisotopic (exact) mass is 158 g/mol. The van der Waals surface area contributed by atoms with Gasteiger partial charge in [0.15, 0.2) is 0 Å². The molecule has 0 aliphatic heterocycles. The Bertz CT molecular complexity index is 157. The molecule has 0 saturated carbocycles.